The van der Waals surface area contributed by atoms with Gasteiger partial charge in [-0.25, -0.2) is 0 Å². The first-order chi connectivity index (χ1) is 13.1. The van der Waals surface area contributed by atoms with Crippen molar-refractivity contribution in [2.75, 3.05) is 13.7 Å². The molecule has 1 unspecified atom stereocenters. The standard InChI is InChI=1S/C21H25N3O3/c1-14(9-10-22-13-25)27-18-7-8-20-19(12-18)21(24-23-20)17-6-4-5-16(11-17)15(2)26-3/h4-8,11-15H,9-10H2,1-3H3,(H,22,25)(H,23,24)/t14?,15-/m1/s1. The van der Waals surface area contributed by atoms with Crippen LogP contribution in [0.4, 0.5) is 0 Å². The largest absolute Gasteiger partial charge is 0.491 e. The fourth-order valence-corrected chi connectivity index (χ4v) is 3.00. The third-order valence-electron chi connectivity index (χ3n) is 4.63. The summed E-state index contributed by atoms with van der Waals surface area (Å²) in [7, 11) is 1.71. The second-order valence-corrected chi connectivity index (χ2v) is 6.57. The minimum absolute atomic E-state index is 0.00358. The number of benzene rings is 2. The average Bonchev–Trinajstić information content (AvgIpc) is 3.11. The molecule has 0 saturated heterocycles. The molecular formula is C21H25N3O3. The van der Waals surface area contributed by atoms with E-state index in [0.29, 0.717) is 13.0 Å². The lowest BCUT2D eigenvalue weighted by molar-refractivity contribution is -0.109. The second-order valence-electron chi connectivity index (χ2n) is 6.57. The SMILES string of the molecule is CO[C@H](C)c1cccc(-c2n[nH]c3ccc(OC(C)CCNC=O)cc23)c1. The monoisotopic (exact) mass is 367 g/mol. The Hall–Kier alpha value is -2.86. The number of fused-ring (bicyclic) bond motifs is 1. The van der Waals surface area contributed by atoms with Crippen molar-refractivity contribution in [2.24, 2.45) is 0 Å². The number of nitrogens with zero attached hydrogens (tertiary/aromatic N) is 1. The van der Waals surface area contributed by atoms with Crippen LogP contribution >= 0.6 is 0 Å². The molecule has 142 valence electrons. The summed E-state index contributed by atoms with van der Waals surface area (Å²) in [6.45, 7) is 4.60. The van der Waals surface area contributed by atoms with Crippen molar-refractivity contribution < 1.29 is 14.3 Å². The lowest BCUT2D eigenvalue weighted by atomic mass is 10.0. The van der Waals surface area contributed by atoms with Crippen LogP contribution in [0.3, 0.4) is 0 Å². The second kappa shape index (κ2) is 8.68. The average molecular weight is 367 g/mol. The zero-order chi connectivity index (χ0) is 19.2. The molecule has 6 nitrogen and oxygen atoms in total. The lowest BCUT2D eigenvalue weighted by Gasteiger charge is -2.14. The summed E-state index contributed by atoms with van der Waals surface area (Å²) in [5, 5.41) is 11.3. The van der Waals surface area contributed by atoms with Crippen LogP contribution in [-0.2, 0) is 9.53 Å². The van der Waals surface area contributed by atoms with Crippen molar-refractivity contribution in [1.29, 1.82) is 0 Å². The number of carbonyl (C=O) groups excluding carboxylic acids is 1. The summed E-state index contributed by atoms with van der Waals surface area (Å²) in [5.74, 6) is 0.783. The molecule has 27 heavy (non-hydrogen) atoms. The number of aromatic nitrogens is 2. The molecule has 0 aliphatic carbocycles. The maximum absolute atomic E-state index is 10.3. The Morgan fingerprint density at radius 1 is 1.22 bits per heavy atom. The smallest absolute Gasteiger partial charge is 0.207 e. The summed E-state index contributed by atoms with van der Waals surface area (Å²) >= 11 is 0. The van der Waals surface area contributed by atoms with Crippen LogP contribution in [0.25, 0.3) is 22.2 Å². The Labute approximate surface area is 158 Å². The molecule has 0 bridgehead atoms. The summed E-state index contributed by atoms with van der Waals surface area (Å²) in [4.78, 5) is 10.3. The Bertz CT molecular complexity index is 907. The van der Waals surface area contributed by atoms with Crippen LogP contribution in [0.15, 0.2) is 42.5 Å². The van der Waals surface area contributed by atoms with Crippen molar-refractivity contribution in [2.45, 2.75) is 32.5 Å². The van der Waals surface area contributed by atoms with E-state index in [0.717, 1.165) is 39.9 Å². The summed E-state index contributed by atoms with van der Waals surface area (Å²) < 4.78 is 11.4. The molecule has 3 rings (SSSR count). The summed E-state index contributed by atoms with van der Waals surface area (Å²) in [5.41, 5.74) is 3.98. The normalized spacial score (nSPS) is 13.3. The number of methoxy groups -OCH3 is 1. The highest BCUT2D eigenvalue weighted by molar-refractivity contribution is 5.93. The zero-order valence-electron chi connectivity index (χ0n) is 15.9. The topological polar surface area (TPSA) is 76.2 Å². The van der Waals surface area contributed by atoms with Gasteiger partial charge < -0.3 is 14.8 Å². The third kappa shape index (κ3) is 4.46. The number of rotatable bonds is 9. The van der Waals surface area contributed by atoms with Gasteiger partial charge in [0.2, 0.25) is 6.41 Å². The minimum Gasteiger partial charge on any atom is -0.491 e. The fourth-order valence-electron chi connectivity index (χ4n) is 3.00. The highest BCUT2D eigenvalue weighted by Gasteiger charge is 2.13. The predicted molar refractivity (Wildman–Crippen MR) is 106 cm³/mol. The Morgan fingerprint density at radius 2 is 2.07 bits per heavy atom. The molecule has 6 heteroatoms. The van der Waals surface area contributed by atoms with Gasteiger partial charge in [-0.15, -0.1) is 0 Å². The van der Waals surface area contributed by atoms with Gasteiger partial charge in [0, 0.05) is 31.0 Å². The van der Waals surface area contributed by atoms with Crippen molar-refractivity contribution in [1.82, 2.24) is 15.5 Å². The van der Waals surface area contributed by atoms with E-state index >= 15 is 0 Å². The maximum Gasteiger partial charge on any atom is 0.207 e. The van der Waals surface area contributed by atoms with Crippen molar-refractivity contribution >= 4 is 17.3 Å². The van der Waals surface area contributed by atoms with Gasteiger partial charge in [0.15, 0.2) is 0 Å². The van der Waals surface area contributed by atoms with Crippen LogP contribution in [-0.4, -0.2) is 36.4 Å². The van der Waals surface area contributed by atoms with Crippen molar-refractivity contribution in [3.63, 3.8) is 0 Å². The van der Waals surface area contributed by atoms with Gasteiger partial charge in [0.25, 0.3) is 0 Å². The van der Waals surface area contributed by atoms with Gasteiger partial charge >= 0.3 is 0 Å². The van der Waals surface area contributed by atoms with E-state index in [2.05, 4.69) is 27.6 Å². The van der Waals surface area contributed by atoms with E-state index in [-0.39, 0.29) is 12.2 Å². The molecule has 1 aromatic heterocycles. The van der Waals surface area contributed by atoms with E-state index in [1.54, 1.807) is 7.11 Å². The molecule has 2 N–H and O–H groups in total. The van der Waals surface area contributed by atoms with E-state index in [1.807, 2.05) is 44.2 Å². The van der Waals surface area contributed by atoms with E-state index in [1.165, 1.54) is 0 Å². The molecule has 0 aliphatic heterocycles. The summed E-state index contributed by atoms with van der Waals surface area (Å²) in [6, 6.07) is 14.1. The van der Waals surface area contributed by atoms with Gasteiger partial charge in [0.1, 0.15) is 11.4 Å². The molecule has 0 fully saturated rings. The number of H-pyrrole nitrogens is 1. The first kappa shape index (κ1) is 18.9. The number of ether oxygens (including phenoxy) is 2. The molecule has 1 amide bonds. The van der Waals surface area contributed by atoms with Crippen LogP contribution in [0.1, 0.15) is 31.9 Å². The van der Waals surface area contributed by atoms with Gasteiger partial charge in [-0.3, -0.25) is 9.89 Å². The first-order valence-electron chi connectivity index (χ1n) is 9.07. The predicted octanol–water partition coefficient (Wildman–Crippen LogP) is 3.84. The highest BCUT2D eigenvalue weighted by atomic mass is 16.5. The zero-order valence-corrected chi connectivity index (χ0v) is 15.9. The minimum atomic E-state index is -0.00358. The quantitative estimate of drug-likeness (QED) is 0.445. The molecular weight excluding hydrogens is 342 g/mol. The fraction of sp³-hybridized carbons (Fsp3) is 0.333. The van der Waals surface area contributed by atoms with Gasteiger partial charge in [-0.2, -0.15) is 5.10 Å². The molecule has 0 radical (unpaired) electrons. The van der Waals surface area contributed by atoms with Crippen LogP contribution < -0.4 is 10.1 Å². The summed E-state index contributed by atoms with van der Waals surface area (Å²) in [6.07, 6.45) is 1.46. The number of nitrogens with one attached hydrogen (secondary N) is 2. The van der Waals surface area contributed by atoms with Crippen molar-refractivity contribution in [3.05, 3.63) is 48.0 Å². The third-order valence-corrected chi connectivity index (χ3v) is 4.63. The molecule has 0 aliphatic rings. The van der Waals surface area contributed by atoms with Crippen LogP contribution in [0, 0.1) is 0 Å². The van der Waals surface area contributed by atoms with Crippen LogP contribution in [0.2, 0.25) is 0 Å². The van der Waals surface area contributed by atoms with Gasteiger partial charge in [-0.05, 0) is 43.7 Å². The number of hydrogen-bond acceptors (Lipinski definition) is 4. The van der Waals surface area contributed by atoms with Crippen LogP contribution in [0.5, 0.6) is 5.75 Å². The Balaban J connectivity index is 1.86. The Morgan fingerprint density at radius 3 is 2.85 bits per heavy atom. The molecule has 0 spiro atoms. The number of hydrogen-bond donors (Lipinski definition) is 2. The molecule has 2 atom stereocenters. The lowest BCUT2D eigenvalue weighted by Crippen LogP contribution is -2.21. The molecule has 2 aromatic carbocycles. The van der Waals surface area contributed by atoms with Gasteiger partial charge in [-0.1, -0.05) is 18.2 Å². The molecule has 0 saturated carbocycles. The number of carbonyl (C=O) groups is 1. The van der Waals surface area contributed by atoms with E-state index in [9.17, 15) is 4.79 Å². The van der Waals surface area contributed by atoms with Crippen molar-refractivity contribution in [3.8, 4) is 17.0 Å². The molecule has 1 heterocycles. The molecule has 3 aromatic rings. The first-order valence-corrected chi connectivity index (χ1v) is 9.07. The van der Waals surface area contributed by atoms with E-state index in [4.69, 9.17) is 9.47 Å². The highest BCUT2D eigenvalue weighted by Crippen LogP contribution is 2.31. The Kier molecular flexibility index (Phi) is 6.08. The maximum atomic E-state index is 10.3. The van der Waals surface area contributed by atoms with E-state index < -0.39 is 0 Å². The van der Waals surface area contributed by atoms with Gasteiger partial charge in [0.05, 0.1) is 17.7 Å². The number of aromatic amines is 1. The number of amides is 1.